The van der Waals surface area contributed by atoms with Crippen LogP contribution in [0, 0.1) is 0 Å². The maximum Gasteiger partial charge on any atom is 0.135 e. The Morgan fingerprint density at radius 3 is 2.46 bits per heavy atom. The molecule has 0 N–H and O–H groups in total. The van der Waals surface area contributed by atoms with E-state index < -0.39 is 0 Å². The highest BCUT2D eigenvalue weighted by Gasteiger charge is 2.24. The highest BCUT2D eigenvalue weighted by molar-refractivity contribution is 5.87. The van der Waals surface area contributed by atoms with Crippen molar-refractivity contribution in [2.75, 3.05) is 26.4 Å². The predicted octanol–water partition coefficient (Wildman–Crippen LogP) is 4.40. The van der Waals surface area contributed by atoms with Gasteiger partial charge in [0.2, 0.25) is 0 Å². The van der Waals surface area contributed by atoms with Crippen LogP contribution in [0.2, 0.25) is 0 Å². The zero-order chi connectivity index (χ0) is 17.8. The van der Waals surface area contributed by atoms with E-state index in [-0.39, 0.29) is 0 Å². The van der Waals surface area contributed by atoms with E-state index in [1.165, 1.54) is 27.8 Å². The summed E-state index contributed by atoms with van der Waals surface area (Å²) >= 11 is 0. The first-order valence-electron chi connectivity index (χ1n) is 9.36. The van der Waals surface area contributed by atoms with Gasteiger partial charge < -0.3 is 4.74 Å². The Morgan fingerprint density at radius 2 is 1.65 bits per heavy atom. The van der Waals surface area contributed by atoms with Gasteiger partial charge >= 0.3 is 0 Å². The lowest BCUT2D eigenvalue weighted by Gasteiger charge is -2.29. The summed E-state index contributed by atoms with van der Waals surface area (Å²) in [6, 6.07) is 17.0. The molecule has 2 aromatic carbocycles. The van der Waals surface area contributed by atoms with Gasteiger partial charge in [0.1, 0.15) is 19.1 Å². The Morgan fingerprint density at radius 1 is 0.923 bits per heavy atom. The second-order valence-corrected chi connectivity index (χ2v) is 6.69. The van der Waals surface area contributed by atoms with Crippen molar-refractivity contribution in [1.82, 2.24) is 4.90 Å². The fourth-order valence-corrected chi connectivity index (χ4v) is 3.77. The fraction of sp³-hybridized carbons (Fsp3) is 0.364. The van der Waals surface area contributed by atoms with Gasteiger partial charge in [-0.1, -0.05) is 48.0 Å². The summed E-state index contributed by atoms with van der Waals surface area (Å²) in [5, 5.41) is 0. The fourth-order valence-electron chi connectivity index (χ4n) is 3.77. The zero-order valence-corrected chi connectivity index (χ0v) is 15.2. The van der Waals surface area contributed by atoms with Crippen molar-refractivity contribution in [3.8, 4) is 5.75 Å². The molecule has 2 aliphatic heterocycles. The minimum Gasteiger partial charge on any atom is -0.488 e. The van der Waals surface area contributed by atoms with E-state index in [9.17, 15) is 0 Å². The van der Waals surface area contributed by atoms with Gasteiger partial charge in [-0.2, -0.15) is 0 Å². The van der Waals surface area contributed by atoms with Crippen LogP contribution in [0.3, 0.4) is 0 Å². The summed E-state index contributed by atoms with van der Waals surface area (Å²) in [6.07, 6.45) is 2.07. The van der Waals surface area contributed by atoms with E-state index in [2.05, 4.69) is 47.4 Å². The molecule has 1 saturated heterocycles. The summed E-state index contributed by atoms with van der Waals surface area (Å²) in [5.41, 5.74) is 6.65. The predicted molar refractivity (Wildman–Crippen MR) is 102 cm³/mol. The van der Waals surface area contributed by atoms with Gasteiger partial charge in [0, 0.05) is 18.7 Å². The number of hydrogen-bond donors (Lipinski definition) is 0. The highest BCUT2D eigenvalue weighted by Crippen LogP contribution is 2.40. The number of likely N-dealkylation sites (tertiary alicyclic amines) is 1. The first-order chi connectivity index (χ1) is 12.9. The largest absolute Gasteiger partial charge is 0.488 e. The van der Waals surface area contributed by atoms with E-state index in [1.807, 2.05) is 13.0 Å². The van der Waals surface area contributed by atoms with Crippen LogP contribution in [0.5, 0.6) is 5.75 Å². The van der Waals surface area contributed by atoms with Crippen LogP contribution in [-0.4, -0.2) is 31.3 Å². The number of para-hydroxylation sites is 1. The van der Waals surface area contributed by atoms with E-state index in [1.54, 1.807) is 0 Å². The molecule has 2 heterocycles. The van der Waals surface area contributed by atoms with Crippen molar-refractivity contribution in [3.05, 3.63) is 70.8 Å². The van der Waals surface area contributed by atoms with E-state index in [0.29, 0.717) is 19.9 Å². The molecule has 2 aromatic rings. The van der Waals surface area contributed by atoms with Crippen LogP contribution in [0.1, 0.15) is 36.5 Å². The second-order valence-electron chi connectivity index (χ2n) is 6.69. The number of piperidine rings is 1. The molecule has 0 saturated carbocycles. The van der Waals surface area contributed by atoms with Crippen molar-refractivity contribution < 1.29 is 14.5 Å². The number of benzene rings is 2. The molecule has 4 heteroatoms. The van der Waals surface area contributed by atoms with Crippen molar-refractivity contribution in [3.63, 3.8) is 0 Å². The lowest BCUT2D eigenvalue weighted by molar-refractivity contribution is -0.312. The number of rotatable bonds is 4. The van der Waals surface area contributed by atoms with Crippen molar-refractivity contribution >= 4 is 5.57 Å². The molecular formula is C22H25NO3. The van der Waals surface area contributed by atoms with E-state index in [4.69, 9.17) is 14.5 Å². The third-order valence-corrected chi connectivity index (χ3v) is 5.08. The molecule has 0 amide bonds. The zero-order valence-electron chi connectivity index (χ0n) is 15.2. The minimum absolute atomic E-state index is 0.534. The number of fused-ring (bicyclic) bond motifs is 2. The SMILES string of the molecule is CCOOCN1CCC(=C2c3ccccc3COc3ccccc32)CC1. The molecule has 0 unspecified atom stereocenters. The molecule has 4 nitrogen and oxygen atoms in total. The third kappa shape index (κ3) is 3.54. The summed E-state index contributed by atoms with van der Waals surface area (Å²) < 4.78 is 6.10. The second kappa shape index (κ2) is 8.04. The van der Waals surface area contributed by atoms with Gasteiger partial charge in [-0.15, -0.1) is 0 Å². The van der Waals surface area contributed by atoms with E-state index in [0.717, 1.165) is 31.7 Å². The van der Waals surface area contributed by atoms with Gasteiger partial charge in [-0.05, 0) is 42.5 Å². The van der Waals surface area contributed by atoms with Gasteiger partial charge in [0.05, 0.1) is 6.61 Å². The number of nitrogens with zero attached hydrogens (tertiary/aromatic N) is 1. The molecule has 136 valence electrons. The summed E-state index contributed by atoms with van der Waals surface area (Å²) in [7, 11) is 0. The molecule has 26 heavy (non-hydrogen) atoms. The molecule has 0 spiro atoms. The molecule has 0 aliphatic carbocycles. The Bertz CT molecular complexity index is 740. The molecule has 0 radical (unpaired) electrons. The van der Waals surface area contributed by atoms with E-state index >= 15 is 0 Å². The average molecular weight is 351 g/mol. The lowest BCUT2D eigenvalue weighted by atomic mass is 9.86. The van der Waals surface area contributed by atoms with Crippen LogP contribution < -0.4 is 4.74 Å². The van der Waals surface area contributed by atoms with Crippen molar-refractivity contribution in [2.24, 2.45) is 0 Å². The molecule has 2 aliphatic rings. The Kier molecular flexibility index (Phi) is 5.34. The molecule has 1 fully saturated rings. The number of hydrogen-bond acceptors (Lipinski definition) is 4. The maximum atomic E-state index is 6.10. The van der Waals surface area contributed by atoms with Gasteiger partial charge in [0.15, 0.2) is 0 Å². The van der Waals surface area contributed by atoms with Crippen molar-refractivity contribution in [2.45, 2.75) is 26.4 Å². The topological polar surface area (TPSA) is 30.9 Å². The normalized spacial score (nSPS) is 17.3. The van der Waals surface area contributed by atoms with Gasteiger partial charge in [0.25, 0.3) is 0 Å². The first-order valence-corrected chi connectivity index (χ1v) is 9.36. The molecule has 0 aromatic heterocycles. The Labute approximate surface area is 154 Å². The van der Waals surface area contributed by atoms with Crippen LogP contribution >= 0.6 is 0 Å². The van der Waals surface area contributed by atoms with Crippen LogP contribution in [0.25, 0.3) is 5.57 Å². The van der Waals surface area contributed by atoms with Crippen molar-refractivity contribution in [1.29, 1.82) is 0 Å². The van der Waals surface area contributed by atoms with Crippen LogP contribution in [-0.2, 0) is 16.4 Å². The summed E-state index contributed by atoms with van der Waals surface area (Å²) in [6.45, 7) is 5.64. The molecule has 0 bridgehead atoms. The van der Waals surface area contributed by atoms with Crippen LogP contribution in [0.4, 0.5) is 0 Å². The quantitative estimate of drug-likeness (QED) is 0.464. The van der Waals surface area contributed by atoms with Gasteiger partial charge in [-0.25, -0.2) is 9.78 Å². The third-order valence-electron chi connectivity index (χ3n) is 5.08. The highest BCUT2D eigenvalue weighted by atomic mass is 17.2. The summed E-state index contributed by atoms with van der Waals surface area (Å²) in [4.78, 5) is 12.5. The molecule has 0 atom stereocenters. The molecule has 4 rings (SSSR count). The van der Waals surface area contributed by atoms with Gasteiger partial charge in [-0.3, -0.25) is 4.90 Å². The lowest BCUT2D eigenvalue weighted by Crippen LogP contribution is -2.33. The Hall–Kier alpha value is -2.14. The molecular weight excluding hydrogens is 326 g/mol. The Balaban J connectivity index is 1.66. The first kappa shape index (κ1) is 17.3. The number of ether oxygens (including phenoxy) is 1. The minimum atomic E-state index is 0.534. The smallest absolute Gasteiger partial charge is 0.135 e. The van der Waals surface area contributed by atoms with Crippen LogP contribution in [0.15, 0.2) is 54.1 Å². The monoisotopic (exact) mass is 351 g/mol. The average Bonchev–Trinajstić information content (AvgIpc) is 2.86. The standard InChI is InChI=1S/C22H25NO3/c1-2-25-26-16-23-13-11-17(12-14-23)22-19-8-4-3-7-18(19)15-24-21-10-6-5-9-20(21)22/h3-10H,2,11-16H2,1H3. The maximum absolute atomic E-state index is 6.10. The summed E-state index contributed by atoms with van der Waals surface area (Å²) in [5.74, 6) is 0.980.